The van der Waals surface area contributed by atoms with Gasteiger partial charge in [-0.1, -0.05) is 376 Å². The van der Waals surface area contributed by atoms with Crippen LogP contribution >= 0.6 is 15.6 Å². The van der Waals surface area contributed by atoms with Crippen LogP contribution in [0, 0.1) is 23.7 Å². The van der Waals surface area contributed by atoms with E-state index in [2.05, 4.69) is 55.4 Å². The summed E-state index contributed by atoms with van der Waals surface area (Å²) < 4.78 is 68.7. The first-order valence-electron chi connectivity index (χ1n) is 42.7. The zero-order valence-electron chi connectivity index (χ0n) is 67.2. The Hall–Kier alpha value is -1.94. The van der Waals surface area contributed by atoms with Crippen LogP contribution in [-0.4, -0.2) is 96.7 Å². The highest BCUT2D eigenvalue weighted by molar-refractivity contribution is 7.47. The Balaban J connectivity index is 5.20. The predicted molar refractivity (Wildman–Crippen MR) is 418 cm³/mol. The Kier molecular flexibility index (Phi) is 70.6. The van der Waals surface area contributed by atoms with Crippen LogP contribution in [0.1, 0.15) is 428 Å². The Bertz CT molecular complexity index is 1990. The van der Waals surface area contributed by atoms with Gasteiger partial charge in [-0.15, -0.1) is 0 Å². The molecule has 0 spiro atoms. The van der Waals surface area contributed by atoms with Crippen molar-refractivity contribution >= 4 is 39.5 Å². The van der Waals surface area contributed by atoms with Crippen LogP contribution < -0.4 is 0 Å². The number of hydrogen-bond donors (Lipinski definition) is 3. The molecular weight excluding hydrogens is 1330 g/mol. The number of carbonyl (C=O) groups excluding carboxylic acids is 4. The number of phosphoric ester groups is 2. The minimum atomic E-state index is -4.96. The molecule has 6 atom stereocenters. The molecule has 0 fully saturated rings. The maximum absolute atomic E-state index is 13.1. The van der Waals surface area contributed by atoms with E-state index in [1.54, 1.807) is 0 Å². The van der Waals surface area contributed by atoms with Gasteiger partial charge in [-0.05, 0) is 49.4 Å². The van der Waals surface area contributed by atoms with Crippen LogP contribution in [0.5, 0.6) is 0 Å². The molecule has 0 aromatic rings. The van der Waals surface area contributed by atoms with Gasteiger partial charge < -0.3 is 33.8 Å². The number of phosphoric acid groups is 2. The number of esters is 4. The standard InChI is InChI=1S/C83H162O17P2/c1-9-76(8)62-54-46-38-29-25-21-17-12-10-11-13-19-23-27-31-40-49-57-65-82(87)99-78(69-93-80(85)63-55-47-39-30-26-22-18-15-14-16-20-24-28-35-43-51-59-73(2)3)71-97-101(89,90)95-67-77(84)68-96-102(91,92)98-72-79(70-94-81(86)64-56-48-42-34-37-45-53-61-75(6)7)100-83(88)66-58-50-41-33-32-36-44-52-60-74(4)5/h73-79,84H,9-72H2,1-8H3,(H,89,90)(H,91,92)/t76?,77?,78-,79-/m1/s1. The first-order valence-corrected chi connectivity index (χ1v) is 45.7. The van der Waals surface area contributed by atoms with Gasteiger partial charge in [-0.25, -0.2) is 9.13 Å². The topological polar surface area (TPSA) is 237 Å². The van der Waals surface area contributed by atoms with Gasteiger partial charge in [0.25, 0.3) is 0 Å². The molecule has 0 radical (unpaired) electrons. The highest BCUT2D eigenvalue weighted by Gasteiger charge is 2.30. The van der Waals surface area contributed by atoms with Crippen molar-refractivity contribution in [2.45, 2.75) is 446 Å². The van der Waals surface area contributed by atoms with Crippen LogP contribution in [-0.2, 0) is 65.4 Å². The smallest absolute Gasteiger partial charge is 0.462 e. The minimum absolute atomic E-state index is 0.104. The number of aliphatic hydroxyl groups is 1. The maximum atomic E-state index is 13.1. The first-order chi connectivity index (χ1) is 49.1. The van der Waals surface area contributed by atoms with Crippen LogP contribution in [0.4, 0.5) is 0 Å². The van der Waals surface area contributed by atoms with Crippen LogP contribution in [0.3, 0.4) is 0 Å². The third kappa shape index (κ3) is 74.9. The van der Waals surface area contributed by atoms with Crippen molar-refractivity contribution in [3.63, 3.8) is 0 Å². The molecule has 0 saturated carbocycles. The average Bonchev–Trinajstić information content (AvgIpc) is 0.916. The fraction of sp³-hybridized carbons (Fsp3) is 0.952. The summed E-state index contributed by atoms with van der Waals surface area (Å²) in [5.74, 6) is 0.991. The quantitative estimate of drug-likeness (QED) is 0.0222. The lowest BCUT2D eigenvalue weighted by Crippen LogP contribution is -2.30. The highest BCUT2D eigenvalue weighted by atomic mass is 31.2. The van der Waals surface area contributed by atoms with Crippen molar-refractivity contribution in [1.29, 1.82) is 0 Å². The fourth-order valence-electron chi connectivity index (χ4n) is 12.8. The van der Waals surface area contributed by atoms with Gasteiger partial charge in [0.2, 0.25) is 0 Å². The van der Waals surface area contributed by atoms with Gasteiger partial charge in [0.15, 0.2) is 12.2 Å². The molecule has 0 amide bonds. The predicted octanol–water partition coefficient (Wildman–Crippen LogP) is 24.8. The first kappa shape index (κ1) is 100. The van der Waals surface area contributed by atoms with E-state index >= 15 is 0 Å². The Morgan fingerprint density at radius 1 is 0.275 bits per heavy atom. The minimum Gasteiger partial charge on any atom is -0.462 e. The second-order valence-corrected chi connectivity index (χ2v) is 34.4. The molecule has 0 heterocycles. The molecule has 0 aromatic heterocycles. The van der Waals surface area contributed by atoms with Gasteiger partial charge >= 0.3 is 39.5 Å². The number of ether oxygens (including phenoxy) is 4. The van der Waals surface area contributed by atoms with Gasteiger partial charge in [-0.3, -0.25) is 37.3 Å². The summed E-state index contributed by atoms with van der Waals surface area (Å²) in [6.07, 6.45) is 59.9. The molecule has 0 aliphatic heterocycles. The van der Waals surface area contributed by atoms with Crippen LogP contribution in [0.2, 0.25) is 0 Å². The van der Waals surface area contributed by atoms with E-state index < -0.39 is 97.5 Å². The van der Waals surface area contributed by atoms with Gasteiger partial charge in [-0.2, -0.15) is 0 Å². The Morgan fingerprint density at radius 3 is 0.696 bits per heavy atom. The lowest BCUT2D eigenvalue weighted by Gasteiger charge is -2.21. The molecule has 0 bridgehead atoms. The van der Waals surface area contributed by atoms with Crippen molar-refractivity contribution in [1.82, 2.24) is 0 Å². The molecule has 17 nitrogen and oxygen atoms in total. The summed E-state index contributed by atoms with van der Waals surface area (Å²) in [5, 5.41) is 10.6. The summed E-state index contributed by atoms with van der Waals surface area (Å²) in [7, 11) is -9.92. The summed E-state index contributed by atoms with van der Waals surface area (Å²) in [4.78, 5) is 73.0. The van der Waals surface area contributed by atoms with Gasteiger partial charge in [0.05, 0.1) is 26.4 Å². The third-order valence-electron chi connectivity index (χ3n) is 19.7. The van der Waals surface area contributed by atoms with Crippen molar-refractivity contribution in [3.05, 3.63) is 0 Å². The van der Waals surface area contributed by atoms with E-state index in [9.17, 15) is 43.2 Å². The van der Waals surface area contributed by atoms with Crippen molar-refractivity contribution in [2.24, 2.45) is 23.7 Å². The lowest BCUT2D eigenvalue weighted by atomic mass is 9.99. The molecule has 606 valence electrons. The van der Waals surface area contributed by atoms with Crippen molar-refractivity contribution in [3.8, 4) is 0 Å². The zero-order chi connectivity index (χ0) is 75.3. The lowest BCUT2D eigenvalue weighted by molar-refractivity contribution is -0.161. The van der Waals surface area contributed by atoms with Crippen LogP contribution in [0.15, 0.2) is 0 Å². The number of unbranched alkanes of at least 4 members (excludes halogenated alkanes) is 45. The summed E-state index contributed by atoms with van der Waals surface area (Å²) >= 11 is 0. The third-order valence-corrected chi connectivity index (χ3v) is 21.6. The number of carbonyl (C=O) groups is 4. The highest BCUT2D eigenvalue weighted by Crippen LogP contribution is 2.45. The molecule has 0 aliphatic carbocycles. The maximum Gasteiger partial charge on any atom is 0.472 e. The molecule has 0 saturated heterocycles. The Labute approximate surface area is 626 Å². The molecule has 0 aliphatic rings. The van der Waals surface area contributed by atoms with E-state index in [4.69, 9.17) is 37.0 Å². The van der Waals surface area contributed by atoms with Crippen LogP contribution in [0.25, 0.3) is 0 Å². The Morgan fingerprint density at radius 2 is 0.471 bits per heavy atom. The molecule has 0 aromatic carbocycles. The molecular formula is C83H162O17P2. The molecule has 0 rings (SSSR count). The fourth-order valence-corrected chi connectivity index (χ4v) is 14.3. The summed E-state index contributed by atoms with van der Waals surface area (Å²) in [6.45, 7) is 14.2. The van der Waals surface area contributed by atoms with Crippen molar-refractivity contribution in [2.75, 3.05) is 39.6 Å². The largest absolute Gasteiger partial charge is 0.472 e. The summed E-state index contributed by atoms with van der Waals surface area (Å²) in [5.41, 5.74) is 0. The van der Waals surface area contributed by atoms with E-state index in [-0.39, 0.29) is 25.7 Å². The number of aliphatic hydroxyl groups excluding tert-OH is 1. The SMILES string of the molecule is CCC(C)CCCCCCCCCCCCCCCCCCCCC(=O)O[C@H](COC(=O)CCCCCCCCCCCCCCCCCCC(C)C)COP(=O)(O)OCC(O)COP(=O)(O)OC[C@@H](COC(=O)CCCCCCCCCC(C)C)OC(=O)CCCCCCCCCCC(C)C. The van der Waals surface area contributed by atoms with E-state index in [0.29, 0.717) is 31.6 Å². The zero-order valence-corrected chi connectivity index (χ0v) is 69.0. The normalized spacial score (nSPS) is 14.3. The summed E-state index contributed by atoms with van der Waals surface area (Å²) in [6, 6.07) is 0. The van der Waals surface area contributed by atoms with Gasteiger partial charge in [0.1, 0.15) is 19.3 Å². The average molecular weight is 1490 g/mol. The second-order valence-electron chi connectivity index (χ2n) is 31.5. The second kappa shape index (κ2) is 72.0. The number of rotatable bonds is 80. The monoisotopic (exact) mass is 1490 g/mol. The van der Waals surface area contributed by atoms with Gasteiger partial charge in [0, 0.05) is 25.7 Å². The molecule has 3 N–H and O–H groups in total. The van der Waals surface area contributed by atoms with E-state index in [1.807, 2.05) is 0 Å². The molecule has 19 heteroatoms. The van der Waals surface area contributed by atoms with E-state index in [1.165, 1.54) is 225 Å². The molecule has 102 heavy (non-hydrogen) atoms. The van der Waals surface area contributed by atoms with Crippen molar-refractivity contribution < 1.29 is 80.2 Å². The molecule has 4 unspecified atom stereocenters. The number of hydrogen-bond acceptors (Lipinski definition) is 15. The van der Waals surface area contributed by atoms with E-state index in [0.717, 1.165) is 114 Å².